The van der Waals surface area contributed by atoms with E-state index in [2.05, 4.69) is 12.2 Å². The topological polar surface area (TPSA) is 29.1 Å². The van der Waals surface area contributed by atoms with E-state index in [1.54, 1.807) is 6.92 Å². The van der Waals surface area contributed by atoms with Gasteiger partial charge in [-0.2, -0.15) is 0 Å². The molecule has 0 saturated carbocycles. The van der Waals surface area contributed by atoms with Gasteiger partial charge in [-0.25, -0.2) is 0 Å². The van der Waals surface area contributed by atoms with Gasteiger partial charge in [0.15, 0.2) is 0 Å². The maximum absolute atomic E-state index is 10.6. The first-order valence-electron chi connectivity index (χ1n) is 3.42. The van der Waals surface area contributed by atoms with E-state index in [0.29, 0.717) is 0 Å². The van der Waals surface area contributed by atoms with Crippen molar-refractivity contribution in [3.05, 3.63) is 0 Å². The van der Waals surface area contributed by atoms with Crippen molar-refractivity contribution >= 4 is 5.78 Å². The predicted octanol–water partition coefficient (Wildman–Crippen LogP) is 0.963. The molecule has 0 aromatic carbocycles. The fraction of sp³-hybridized carbons (Fsp3) is 0.857. The molecule has 0 bridgehead atoms. The van der Waals surface area contributed by atoms with E-state index in [0.717, 1.165) is 13.0 Å². The molecule has 0 heterocycles. The fourth-order valence-electron chi connectivity index (χ4n) is 0.505. The second kappa shape index (κ2) is 4.50. The van der Waals surface area contributed by atoms with E-state index in [-0.39, 0.29) is 11.8 Å². The Morgan fingerprint density at radius 1 is 1.67 bits per heavy atom. The predicted molar refractivity (Wildman–Crippen MR) is 38.4 cm³/mol. The lowest BCUT2D eigenvalue weighted by Gasteiger charge is -2.07. The summed E-state index contributed by atoms with van der Waals surface area (Å²) in [4.78, 5) is 10.6. The van der Waals surface area contributed by atoms with Gasteiger partial charge in [0.25, 0.3) is 0 Å². The van der Waals surface area contributed by atoms with Crippen molar-refractivity contribution in [1.29, 1.82) is 0 Å². The molecule has 0 rings (SSSR count). The average Bonchev–Trinajstić information content (AvgIpc) is 1.82. The number of hydrogen-bond donors (Lipinski definition) is 1. The summed E-state index contributed by atoms with van der Waals surface area (Å²) in [5, 5.41) is 3.08. The number of rotatable bonds is 4. The Labute approximate surface area is 56.6 Å². The maximum atomic E-state index is 10.6. The molecule has 2 heteroatoms. The molecule has 2 nitrogen and oxygen atoms in total. The lowest BCUT2D eigenvalue weighted by atomic mass is 10.2. The summed E-state index contributed by atoms with van der Waals surface area (Å²) in [5.74, 6) is 0.212. The summed E-state index contributed by atoms with van der Waals surface area (Å²) < 4.78 is 0. The van der Waals surface area contributed by atoms with Crippen LogP contribution in [0.15, 0.2) is 0 Å². The largest absolute Gasteiger partial charge is 0.308 e. The van der Waals surface area contributed by atoms with E-state index in [9.17, 15) is 4.79 Å². The van der Waals surface area contributed by atoms with E-state index < -0.39 is 0 Å². The number of carbonyl (C=O) groups is 1. The van der Waals surface area contributed by atoms with Gasteiger partial charge in [-0.3, -0.25) is 4.79 Å². The van der Waals surface area contributed by atoms with Crippen molar-refractivity contribution in [3.63, 3.8) is 0 Å². The molecule has 0 radical (unpaired) electrons. The van der Waals surface area contributed by atoms with Crippen LogP contribution in [-0.2, 0) is 4.79 Å². The Balaban J connectivity index is 3.27. The quantitative estimate of drug-likeness (QED) is 0.612. The van der Waals surface area contributed by atoms with Crippen LogP contribution in [0.1, 0.15) is 27.2 Å². The van der Waals surface area contributed by atoms with Gasteiger partial charge in [0.05, 0.1) is 6.04 Å². The third kappa shape index (κ3) is 4.15. The summed E-state index contributed by atoms with van der Waals surface area (Å²) in [6.07, 6.45) is 1.08. The Morgan fingerprint density at radius 2 is 2.22 bits per heavy atom. The van der Waals surface area contributed by atoms with E-state index in [1.807, 2.05) is 6.92 Å². The minimum atomic E-state index is 0.0324. The number of carbonyl (C=O) groups excluding carboxylic acids is 1. The second-order valence-electron chi connectivity index (χ2n) is 2.29. The van der Waals surface area contributed by atoms with Crippen LogP contribution >= 0.6 is 0 Å². The molecule has 0 aliphatic heterocycles. The zero-order valence-electron chi connectivity index (χ0n) is 6.40. The third-order valence-corrected chi connectivity index (χ3v) is 1.31. The van der Waals surface area contributed by atoms with Crippen molar-refractivity contribution in [2.24, 2.45) is 0 Å². The second-order valence-corrected chi connectivity index (χ2v) is 2.29. The molecule has 1 N–H and O–H groups in total. The van der Waals surface area contributed by atoms with Crippen molar-refractivity contribution in [1.82, 2.24) is 5.32 Å². The Morgan fingerprint density at radius 3 is 2.56 bits per heavy atom. The normalized spacial score (nSPS) is 13.2. The smallest absolute Gasteiger partial charge is 0.146 e. The highest BCUT2D eigenvalue weighted by Crippen LogP contribution is 1.82. The zero-order valence-corrected chi connectivity index (χ0v) is 6.40. The third-order valence-electron chi connectivity index (χ3n) is 1.31. The Kier molecular flexibility index (Phi) is 4.32. The van der Waals surface area contributed by atoms with Crippen LogP contribution in [-0.4, -0.2) is 18.4 Å². The van der Waals surface area contributed by atoms with Gasteiger partial charge in [0.2, 0.25) is 0 Å². The molecule has 0 aliphatic rings. The van der Waals surface area contributed by atoms with Crippen molar-refractivity contribution in [3.8, 4) is 0 Å². The highest BCUT2D eigenvalue weighted by atomic mass is 16.1. The lowest BCUT2D eigenvalue weighted by Crippen LogP contribution is -2.32. The zero-order chi connectivity index (χ0) is 7.28. The standard InChI is InChI=1S/C7H15NO/c1-4-5-8-6(2)7(3)9/h6,8H,4-5H2,1-3H3. The maximum Gasteiger partial charge on any atom is 0.146 e. The van der Waals surface area contributed by atoms with E-state index in [4.69, 9.17) is 0 Å². The SMILES string of the molecule is CCCNC(C)C(C)=O. The highest BCUT2D eigenvalue weighted by molar-refractivity contribution is 5.80. The summed E-state index contributed by atoms with van der Waals surface area (Å²) in [5.41, 5.74) is 0. The molecule has 54 valence electrons. The molecule has 1 unspecified atom stereocenters. The van der Waals surface area contributed by atoms with Crippen LogP contribution in [0.2, 0.25) is 0 Å². The van der Waals surface area contributed by atoms with Crippen molar-refractivity contribution < 1.29 is 4.79 Å². The minimum absolute atomic E-state index is 0.0324. The monoisotopic (exact) mass is 129 g/mol. The molecule has 0 amide bonds. The first-order chi connectivity index (χ1) is 4.18. The van der Waals surface area contributed by atoms with Crippen LogP contribution in [0.3, 0.4) is 0 Å². The molecule has 0 aromatic heterocycles. The number of hydrogen-bond acceptors (Lipinski definition) is 2. The number of Topliss-reactive ketones (excluding diaryl/α,β-unsaturated/α-hetero) is 1. The minimum Gasteiger partial charge on any atom is -0.308 e. The van der Waals surface area contributed by atoms with E-state index >= 15 is 0 Å². The molecule has 0 spiro atoms. The molecule has 1 atom stereocenters. The molecule has 0 saturated heterocycles. The molecule has 0 aliphatic carbocycles. The van der Waals surface area contributed by atoms with Crippen molar-refractivity contribution in [2.75, 3.05) is 6.54 Å². The van der Waals surface area contributed by atoms with Gasteiger partial charge in [-0.05, 0) is 26.8 Å². The summed E-state index contributed by atoms with van der Waals surface area (Å²) >= 11 is 0. The van der Waals surface area contributed by atoms with Crippen LogP contribution in [0, 0.1) is 0 Å². The number of ketones is 1. The van der Waals surface area contributed by atoms with Gasteiger partial charge < -0.3 is 5.32 Å². The Hall–Kier alpha value is -0.370. The first kappa shape index (κ1) is 8.63. The Bertz CT molecular complexity index is 90.9. The first-order valence-corrected chi connectivity index (χ1v) is 3.42. The summed E-state index contributed by atoms with van der Waals surface area (Å²) in [6, 6.07) is 0.0324. The van der Waals surface area contributed by atoms with E-state index in [1.165, 1.54) is 0 Å². The summed E-state index contributed by atoms with van der Waals surface area (Å²) in [6.45, 7) is 6.51. The van der Waals surface area contributed by atoms with Crippen LogP contribution in [0.5, 0.6) is 0 Å². The van der Waals surface area contributed by atoms with Crippen molar-refractivity contribution in [2.45, 2.75) is 33.2 Å². The molecular formula is C7H15NO. The lowest BCUT2D eigenvalue weighted by molar-refractivity contribution is -0.118. The summed E-state index contributed by atoms with van der Waals surface area (Å²) in [7, 11) is 0. The molecule has 9 heavy (non-hydrogen) atoms. The average molecular weight is 129 g/mol. The highest BCUT2D eigenvalue weighted by Gasteiger charge is 2.03. The molecule has 0 aromatic rings. The van der Waals surface area contributed by atoms with Gasteiger partial charge in [0, 0.05) is 0 Å². The van der Waals surface area contributed by atoms with Gasteiger partial charge in [-0.1, -0.05) is 6.92 Å². The van der Waals surface area contributed by atoms with Gasteiger partial charge in [-0.15, -0.1) is 0 Å². The van der Waals surface area contributed by atoms with Gasteiger partial charge >= 0.3 is 0 Å². The number of nitrogens with one attached hydrogen (secondary N) is 1. The van der Waals surface area contributed by atoms with Gasteiger partial charge in [0.1, 0.15) is 5.78 Å². The fourth-order valence-corrected chi connectivity index (χ4v) is 0.505. The van der Waals surface area contributed by atoms with Crippen LogP contribution < -0.4 is 5.32 Å². The molecular weight excluding hydrogens is 114 g/mol. The van der Waals surface area contributed by atoms with Crippen LogP contribution in [0.4, 0.5) is 0 Å². The van der Waals surface area contributed by atoms with Crippen LogP contribution in [0.25, 0.3) is 0 Å². The molecule has 0 fully saturated rings.